The van der Waals surface area contributed by atoms with E-state index in [1.807, 2.05) is 13.8 Å². The number of nitrogens with zero attached hydrogens (tertiary/aromatic N) is 3. The molecule has 0 aliphatic rings. The zero-order valence-corrected chi connectivity index (χ0v) is 13.6. The molecule has 1 aromatic heterocycles. The van der Waals surface area contributed by atoms with Gasteiger partial charge < -0.3 is 9.64 Å². The first-order valence-electron chi connectivity index (χ1n) is 6.48. The summed E-state index contributed by atoms with van der Waals surface area (Å²) in [4.78, 5) is 25.5. The molecule has 1 aromatic rings. The minimum Gasteiger partial charge on any atom is -0.465 e. The van der Waals surface area contributed by atoms with E-state index in [9.17, 15) is 9.59 Å². The summed E-state index contributed by atoms with van der Waals surface area (Å²) in [5.41, 5.74) is 0.113. The molecule has 0 saturated carbocycles. The molecule has 0 N–H and O–H groups in total. The lowest BCUT2D eigenvalue weighted by Crippen LogP contribution is -2.39. The molecule has 6 nitrogen and oxygen atoms in total. The molecule has 0 spiro atoms. The SMILES string of the molecule is CCOC(=O)CN(CC(C)C)C(=O)c1cc(Cl)nnc1Cl. The Balaban J connectivity index is 2.98. The van der Waals surface area contributed by atoms with Gasteiger partial charge >= 0.3 is 5.97 Å². The van der Waals surface area contributed by atoms with Crippen LogP contribution in [0.1, 0.15) is 31.1 Å². The van der Waals surface area contributed by atoms with Gasteiger partial charge in [-0.25, -0.2) is 0 Å². The van der Waals surface area contributed by atoms with Gasteiger partial charge in [0.15, 0.2) is 10.3 Å². The highest BCUT2D eigenvalue weighted by Crippen LogP contribution is 2.18. The van der Waals surface area contributed by atoms with Crippen LogP contribution in [0.5, 0.6) is 0 Å². The topological polar surface area (TPSA) is 72.4 Å². The van der Waals surface area contributed by atoms with Gasteiger partial charge in [0, 0.05) is 6.54 Å². The van der Waals surface area contributed by atoms with E-state index >= 15 is 0 Å². The maximum atomic E-state index is 12.5. The van der Waals surface area contributed by atoms with Crippen LogP contribution >= 0.6 is 23.2 Å². The second kappa shape index (κ2) is 8.14. The Labute approximate surface area is 133 Å². The molecule has 0 saturated heterocycles. The smallest absolute Gasteiger partial charge is 0.325 e. The third-order valence-corrected chi connectivity index (χ3v) is 2.91. The lowest BCUT2D eigenvalue weighted by molar-refractivity contribution is -0.143. The van der Waals surface area contributed by atoms with Gasteiger partial charge in [0.2, 0.25) is 0 Å². The number of amides is 1. The van der Waals surface area contributed by atoms with Crippen LogP contribution in [0.2, 0.25) is 10.3 Å². The van der Waals surface area contributed by atoms with Crippen molar-refractivity contribution in [3.8, 4) is 0 Å². The van der Waals surface area contributed by atoms with Crippen molar-refractivity contribution in [1.29, 1.82) is 0 Å². The number of carbonyl (C=O) groups excluding carboxylic acids is 2. The highest BCUT2D eigenvalue weighted by atomic mass is 35.5. The Bertz CT molecular complexity index is 523. The third kappa shape index (κ3) is 5.47. The van der Waals surface area contributed by atoms with E-state index in [0.29, 0.717) is 6.54 Å². The Kier molecular flexibility index (Phi) is 6.84. The van der Waals surface area contributed by atoms with Crippen molar-refractivity contribution in [2.24, 2.45) is 5.92 Å². The summed E-state index contributed by atoms with van der Waals surface area (Å²) in [5.74, 6) is -0.735. The summed E-state index contributed by atoms with van der Waals surface area (Å²) >= 11 is 11.6. The summed E-state index contributed by atoms with van der Waals surface area (Å²) in [6.07, 6.45) is 0. The molecule has 0 atom stereocenters. The van der Waals surface area contributed by atoms with Gasteiger partial charge in [-0.1, -0.05) is 37.0 Å². The molecule has 0 bridgehead atoms. The molecule has 8 heteroatoms. The molecular formula is C13H17Cl2N3O3. The number of halogens is 2. The maximum absolute atomic E-state index is 12.5. The molecule has 0 fully saturated rings. The van der Waals surface area contributed by atoms with Crippen molar-refractivity contribution in [2.75, 3.05) is 19.7 Å². The Morgan fingerprint density at radius 1 is 1.33 bits per heavy atom. The van der Waals surface area contributed by atoms with Crippen LogP contribution in [-0.2, 0) is 9.53 Å². The minimum atomic E-state index is -0.476. The van der Waals surface area contributed by atoms with E-state index in [2.05, 4.69) is 10.2 Å². The first kappa shape index (κ1) is 17.7. The van der Waals surface area contributed by atoms with Crippen LogP contribution in [0.3, 0.4) is 0 Å². The molecule has 21 heavy (non-hydrogen) atoms. The van der Waals surface area contributed by atoms with E-state index in [1.165, 1.54) is 11.0 Å². The van der Waals surface area contributed by atoms with Gasteiger partial charge in [-0.15, -0.1) is 10.2 Å². The van der Waals surface area contributed by atoms with Crippen molar-refractivity contribution in [3.63, 3.8) is 0 Å². The Morgan fingerprint density at radius 3 is 2.57 bits per heavy atom. The number of hydrogen-bond donors (Lipinski definition) is 0. The first-order chi connectivity index (χ1) is 9.85. The highest BCUT2D eigenvalue weighted by Gasteiger charge is 2.23. The van der Waals surface area contributed by atoms with Gasteiger partial charge in [0.25, 0.3) is 5.91 Å². The van der Waals surface area contributed by atoms with Crippen LogP contribution < -0.4 is 0 Å². The average Bonchev–Trinajstić information content (AvgIpc) is 2.39. The van der Waals surface area contributed by atoms with Crippen molar-refractivity contribution >= 4 is 35.1 Å². The first-order valence-corrected chi connectivity index (χ1v) is 7.24. The van der Waals surface area contributed by atoms with E-state index in [4.69, 9.17) is 27.9 Å². The number of carbonyl (C=O) groups is 2. The fourth-order valence-electron chi connectivity index (χ4n) is 1.70. The normalized spacial score (nSPS) is 10.6. The van der Waals surface area contributed by atoms with Gasteiger partial charge in [-0.2, -0.15) is 0 Å². The number of esters is 1. The molecule has 1 rings (SSSR count). The number of aromatic nitrogens is 2. The lowest BCUT2D eigenvalue weighted by atomic mass is 10.2. The van der Waals surface area contributed by atoms with Crippen LogP contribution in [0.4, 0.5) is 0 Å². The predicted molar refractivity (Wildman–Crippen MR) is 79.4 cm³/mol. The zero-order chi connectivity index (χ0) is 16.0. The standard InChI is InChI=1S/C13H17Cl2N3O3/c1-4-21-11(19)7-18(6-8(2)3)13(20)9-5-10(14)16-17-12(9)15/h5,8H,4,6-7H2,1-3H3. The van der Waals surface area contributed by atoms with E-state index in [-0.39, 0.29) is 34.9 Å². The van der Waals surface area contributed by atoms with Crippen molar-refractivity contribution < 1.29 is 14.3 Å². The largest absolute Gasteiger partial charge is 0.465 e. The Hall–Kier alpha value is -1.40. The number of hydrogen-bond acceptors (Lipinski definition) is 5. The summed E-state index contributed by atoms with van der Waals surface area (Å²) in [7, 11) is 0. The molecular weight excluding hydrogens is 317 g/mol. The molecule has 0 aromatic carbocycles. The molecule has 0 aliphatic heterocycles. The molecule has 0 unspecified atom stereocenters. The van der Waals surface area contributed by atoms with E-state index < -0.39 is 11.9 Å². The zero-order valence-electron chi connectivity index (χ0n) is 12.1. The van der Waals surface area contributed by atoms with Crippen molar-refractivity contribution in [1.82, 2.24) is 15.1 Å². The molecule has 0 radical (unpaired) electrons. The van der Waals surface area contributed by atoms with Crippen LogP contribution in [0.25, 0.3) is 0 Å². The average molecular weight is 334 g/mol. The van der Waals surface area contributed by atoms with E-state index in [0.717, 1.165) is 0 Å². The molecule has 1 heterocycles. The van der Waals surface area contributed by atoms with Crippen LogP contribution in [-0.4, -0.2) is 46.7 Å². The predicted octanol–water partition coefficient (Wildman–Crippen LogP) is 2.44. The second-order valence-corrected chi connectivity index (χ2v) is 5.50. The number of rotatable bonds is 6. The maximum Gasteiger partial charge on any atom is 0.325 e. The van der Waals surface area contributed by atoms with Gasteiger partial charge in [0.1, 0.15) is 6.54 Å². The van der Waals surface area contributed by atoms with Gasteiger partial charge in [0.05, 0.1) is 12.2 Å². The molecule has 116 valence electrons. The van der Waals surface area contributed by atoms with Crippen molar-refractivity contribution in [3.05, 3.63) is 21.9 Å². The molecule has 1 amide bonds. The van der Waals surface area contributed by atoms with Crippen molar-refractivity contribution in [2.45, 2.75) is 20.8 Å². The summed E-state index contributed by atoms with van der Waals surface area (Å²) in [6, 6.07) is 1.33. The summed E-state index contributed by atoms with van der Waals surface area (Å²) < 4.78 is 4.87. The molecule has 0 aliphatic carbocycles. The minimum absolute atomic E-state index is 0.0537. The van der Waals surface area contributed by atoms with Crippen LogP contribution in [0, 0.1) is 5.92 Å². The fourth-order valence-corrected chi connectivity index (χ4v) is 2.02. The van der Waals surface area contributed by atoms with Crippen LogP contribution in [0.15, 0.2) is 6.07 Å². The van der Waals surface area contributed by atoms with Gasteiger partial charge in [-0.3, -0.25) is 9.59 Å². The monoisotopic (exact) mass is 333 g/mol. The van der Waals surface area contributed by atoms with E-state index in [1.54, 1.807) is 6.92 Å². The second-order valence-electron chi connectivity index (χ2n) is 4.76. The Morgan fingerprint density at radius 2 is 2.00 bits per heavy atom. The quantitative estimate of drug-likeness (QED) is 0.747. The fraction of sp³-hybridized carbons (Fsp3) is 0.538. The summed E-state index contributed by atoms with van der Waals surface area (Å²) in [5, 5.41) is 7.16. The number of ether oxygens (including phenoxy) is 1. The van der Waals surface area contributed by atoms with Gasteiger partial charge in [-0.05, 0) is 18.9 Å². The highest BCUT2D eigenvalue weighted by molar-refractivity contribution is 6.34. The third-order valence-electron chi connectivity index (χ3n) is 2.45. The summed E-state index contributed by atoms with van der Waals surface area (Å²) in [6.45, 7) is 6.06. The lowest BCUT2D eigenvalue weighted by Gasteiger charge is -2.23.